The van der Waals surface area contributed by atoms with Gasteiger partial charge in [0.25, 0.3) is 0 Å². The van der Waals surface area contributed by atoms with Gasteiger partial charge < -0.3 is 5.32 Å². The maximum absolute atomic E-state index is 12.9. The second-order valence-electron chi connectivity index (χ2n) is 5.94. The molecule has 0 fully saturated rings. The first-order chi connectivity index (χ1) is 12.4. The Morgan fingerprint density at radius 1 is 1.12 bits per heavy atom. The Hall–Kier alpha value is -1.86. The molecule has 7 heteroatoms. The van der Waals surface area contributed by atoms with Crippen LogP contribution in [0.5, 0.6) is 0 Å². The van der Waals surface area contributed by atoms with Gasteiger partial charge in [-0.2, -0.15) is 0 Å². The van der Waals surface area contributed by atoms with Crippen LogP contribution in [0.25, 0.3) is 0 Å². The van der Waals surface area contributed by atoms with Crippen LogP contribution in [0.1, 0.15) is 13.3 Å². The monoisotopic (exact) mass is 395 g/mol. The number of amides is 1. The SMILES string of the molecule is CC(CS(=O)(=O)c1ccc(F)cc1)C(=O)NCCCSc1ccccc1. The molecule has 1 unspecified atom stereocenters. The summed E-state index contributed by atoms with van der Waals surface area (Å²) in [5.74, 6) is -0.897. The van der Waals surface area contributed by atoms with Gasteiger partial charge in [0.15, 0.2) is 9.84 Å². The summed E-state index contributed by atoms with van der Waals surface area (Å²) in [6, 6.07) is 14.6. The highest BCUT2D eigenvalue weighted by Gasteiger charge is 2.23. The van der Waals surface area contributed by atoms with Crippen LogP contribution < -0.4 is 5.32 Å². The fourth-order valence-corrected chi connectivity index (χ4v) is 4.73. The fraction of sp³-hybridized carbons (Fsp3) is 0.316. The van der Waals surface area contributed by atoms with Gasteiger partial charge in [0.2, 0.25) is 5.91 Å². The van der Waals surface area contributed by atoms with E-state index in [1.165, 1.54) is 17.0 Å². The second-order valence-corrected chi connectivity index (χ2v) is 9.15. The van der Waals surface area contributed by atoms with Crippen LogP contribution in [0.2, 0.25) is 0 Å². The molecule has 0 aliphatic carbocycles. The number of sulfone groups is 1. The highest BCUT2D eigenvalue weighted by Crippen LogP contribution is 2.17. The summed E-state index contributed by atoms with van der Waals surface area (Å²) >= 11 is 1.71. The maximum Gasteiger partial charge on any atom is 0.223 e. The number of carbonyl (C=O) groups excluding carboxylic acids is 1. The smallest absolute Gasteiger partial charge is 0.223 e. The van der Waals surface area contributed by atoms with Crippen LogP contribution in [0.4, 0.5) is 4.39 Å². The van der Waals surface area contributed by atoms with Gasteiger partial charge in [-0.3, -0.25) is 4.79 Å². The number of hydrogen-bond donors (Lipinski definition) is 1. The summed E-state index contributed by atoms with van der Waals surface area (Å²) in [5.41, 5.74) is 0. The van der Waals surface area contributed by atoms with Crippen molar-refractivity contribution in [3.05, 3.63) is 60.4 Å². The Bertz CT molecular complexity index is 808. The lowest BCUT2D eigenvalue weighted by atomic mass is 10.2. The van der Waals surface area contributed by atoms with Gasteiger partial charge in [-0.05, 0) is 48.6 Å². The summed E-state index contributed by atoms with van der Waals surface area (Å²) in [4.78, 5) is 13.3. The fourth-order valence-electron chi connectivity index (χ4n) is 2.31. The van der Waals surface area contributed by atoms with Crippen molar-refractivity contribution in [2.24, 2.45) is 5.92 Å². The summed E-state index contributed by atoms with van der Waals surface area (Å²) < 4.78 is 37.5. The summed E-state index contributed by atoms with van der Waals surface area (Å²) in [6.45, 7) is 2.08. The Morgan fingerprint density at radius 2 is 1.77 bits per heavy atom. The lowest BCUT2D eigenvalue weighted by Gasteiger charge is -2.13. The quantitative estimate of drug-likeness (QED) is 0.401. The minimum atomic E-state index is -3.62. The molecule has 140 valence electrons. The minimum absolute atomic E-state index is 0.0258. The number of carbonyl (C=O) groups is 1. The van der Waals surface area contributed by atoms with Crippen molar-refractivity contribution in [3.63, 3.8) is 0 Å². The van der Waals surface area contributed by atoms with E-state index in [-0.39, 0.29) is 16.6 Å². The van der Waals surface area contributed by atoms with Crippen molar-refractivity contribution in [2.75, 3.05) is 18.1 Å². The topological polar surface area (TPSA) is 63.2 Å². The molecule has 0 spiro atoms. The molecule has 2 aromatic rings. The standard InChI is InChI=1S/C19H22FNO3S2/c1-15(14-26(23,24)18-10-8-16(20)9-11-18)19(22)21-12-5-13-25-17-6-3-2-4-7-17/h2-4,6-11,15H,5,12-14H2,1H3,(H,21,22). The first kappa shape index (κ1) is 20.5. The van der Waals surface area contributed by atoms with Crippen LogP contribution >= 0.6 is 11.8 Å². The molecule has 1 N–H and O–H groups in total. The molecule has 2 aromatic carbocycles. The second kappa shape index (κ2) is 9.73. The summed E-state index contributed by atoms with van der Waals surface area (Å²) in [5, 5.41) is 2.78. The average Bonchev–Trinajstić information content (AvgIpc) is 2.62. The third kappa shape index (κ3) is 6.46. The van der Waals surface area contributed by atoms with Crippen LogP contribution in [0.15, 0.2) is 64.4 Å². The molecular weight excluding hydrogens is 373 g/mol. The largest absolute Gasteiger partial charge is 0.356 e. The van der Waals surface area contributed by atoms with E-state index in [4.69, 9.17) is 0 Å². The van der Waals surface area contributed by atoms with E-state index in [1.54, 1.807) is 18.7 Å². The van der Waals surface area contributed by atoms with E-state index in [9.17, 15) is 17.6 Å². The average molecular weight is 396 g/mol. The first-order valence-corrected chi connectivity index (χ1v) is 11.0. The molecule has 0 heterocycles. The van der Waals surface area contributed by atoms with Gasteiger partial charge in [0.1, 0.15) is 5.82 Å². The Kier molecular flexibility index (Phi) is 7.66. The van der Waals surface area contributed by atoms with E-state index in [1.807, 2.05) is 30.3 Å². The number of hydrogen-bond acceptors (Lipinski definition) is 4. The first-order valence-electron chi connectivity index (χ1n) is 8.32. The van der Waals surface area contributed by atoms with Gasteiger partial charge >= 0.3 is 0 Å². The van der Waals surface area contributed by atoms with Crippen molar-refractivity contribution in [2.45, 2.75) is 23.1 Å². The molecule has 4 nitrogen and oxygen atoms in total. The summed E-state index contributed by atoms with van der Waals surface area (Å²) in [6.07, 6.45) is 0.794. The highest BCUT2D eigenvalue weighted by atomic mass is 32.2. The van der Waals surface area contributed by atoms with Gasteiger partial charge in [-0.1, -0.05) is 25.1 Å². The third-order valence-corrected chi connectivity index (χ3v) is 6.75. The van der Waals surface area contributed by atoms with Gasteiger partial charge in [-0.25, -0.2) is 12.8 Å². The number of benzene rings is 2. The number of rotatable bonds is 9. The van der Waals surface area contributed by atoms with Crippen LogP contribution in [0.3, 0.4) is 0 Å². The van der Waals surface area contributed by atoms with E-state index in [2.05, 4.69) is 5.32 Å². The van der Waals surface area contributed by atoms with E-state index in [0.29, 0.717) is 6.54 Å². The zero-order valence-electron chi connectivity index (χ0n) is 14.5. The van der Waals surface area contributed by atoms with E-state index in [0.717, 1.165) is 24.3 Å². The number of halogens is 1. The Balaban J connectivity index is 1.74. The molecule has 0 radical (unpaired) electrons. The van der Waals surface area contributed by atoms with Crippen molar-refractivity contribution in [1.82, 2.24) is 5.32 Å². The minimum Gasteiger partial charge on any atom is -0.356 e. The van der Waals surface area contributed by atoms with Crippen LogP contribution in [-0.4, -0.2) is 32.4 Å². The molecule has 0 aliphatic rings. The number of thioether (sulfide) groups is 1. The molecule has 1 atom stereocenters. The van der Waals surface area contributed by atoms with Crippen LogP contribution in [0, 0.1) is 11.7 Å². The molecule has 1 amide bonds. The molecule has 0 saturated carbocycles. The van der Waals surface area contributed by atoms with Crippen molar-refractivity contribution >= 4 is 27.5 Å². The molecule has 0 aromatic heterocycles. The van der Waals surface area contributed by atoms with E-state index < -0.39 is 21.6 Å². The van der Waals surface area contributed by atoms with Crippen molar-refractivity contribution < 1.29 is 17.6 Å². The Labute approximate surface area is 158 Å². The highest BCUT2D eigenvalue weighted by molar-refractivity contribution is 7.99. The predicted octanol–water partition coefficient (Wildman–Crippen LogP) is 3.53. The number of nitrogens with one attached hydrogen (secondary N) is 1. The van der Waals surface area contributed by atoms with Gasteiger partial charge in [0, 0.05) is 17.4 Å². The van der Waals surface area contributed by atoms with Crippen molar-refractivity contribution in [3.8, 4) is 0 Å². The molecule has 0 aliphatic heterocycles. The maximum atomic E-state index is 12.9. The third-order valence-electron chi connectivity index (χ3n) is 3.72. The lowest BCUT2D eigenvalue weighted by molar-refractivity contribution is -0.123. The predicted molar refractivity (Wildman–Crippen MR) is 102 cm³/mol. The zero-order valence-corrected chi connectivity index (χ0v) is 16.2. The zero-order chi connectivity index (χ0) is 19.0. The molecule has 26 heavy (non-hydrogen) atoms. The molecule has 0 bridgehead atoms. The summed E-state index contributed by atoms with van der Waals surface area (Å²) in [7, 11) is -3.62. The molecule has 2 rings (SSSR count). The normalized spacial score (nSPS) is 12.5. The Morgan fingerprint density at radius 3 is 2.42 bits per heavy atom. The van der Waals surface area contributed by atoms with Gasteiger partial charge in [-0.15, -0.1) is 11.8 Å². The van der Waals surface area contributed by atoms with Gasteiger partial charge in [0.05, 0.1) is 10.6 Å². The van der Waals surface area contributed by atoms with E-state index >= 15 is 0 Å². The molecular formula is C19H22FNO3S2. The lowest BCUT2D eigenvalue weighted by Crippen LogP contribution is -2.33. The molecule has 0 saturated heterocycles. The van der Waals surface area contributed by atoms with Crippen molar-refractivity contribution in [1.29, 1.82) is 0 Å². The van der Waals surface area contributed by atoms with Crippen LogP contribution in [-0.2, 0) is 14.6 Å².